The molecule has 1 amide bonds. The molecule has 0 spiro atoms. The summed E-state index contributed by atoms with van der Waals surface area (Å²) in [4.78, 5) is 22.3. The topological polar surface area (TPSA) is 64.6 Å². The Hall–Kier alpha value is -2.11. The first-order valence-electron chi connectivity index (χ1n) is 5.29. The van der Waals surface area contributed by atoms with E-state index in [4.69, 9.17) is 4.74 Å². The van der Waals surface area contributed by atoms with E-state index in [0.717, 1.165) is 0 Å². The summed E-state index contributed by atoms with van der Waals surface area (Å²) in [6, 6.07) is 5.29. The van der Waals surface area contributed by atoms with Crippen molar-refractivity contribution in [2.24, 2.45) is 0 Å². The second-order valence-corrected chi connectivity index (χ2v) is 3.51. The summed E-state index contributed by atoms with van der Waals surface area (Å²) in [6.07, 6.45) is -0.792. The second-order valence-electron chi connectivity index (χ2n) is 3.51. The van der Waals surface area contributed by atoms with Crippen molar-refractivity contribution in [3.05, 3.63) is 30.1 Å². The molecule has 0 bridgehead atoms. The van der Waals surface area contributed by atoms with Crippen LogP contribution in [0.2, 0.25) is 0 Å². The van der Waals surface area contributed by atoms with Crippen molar-refractivity contribution in [3.8, 4) is 5.75 Å². The molecule has 5 nitrogen and oxygen atoms in total. The summed E-state index contributed by atoms with van der Waals surface area (Å²) in [7, 11) is 1.23. The van der Waals surface area contributed by atoms with Gasteiger partial charge in [0.2, 0.25) is 0 Å². The smallest absolute Gasteiger partial charge is 0.325 e. The zero-order chi connectivity index (χ0) is 13.5. The first kappa shape index (κ1) is 14.0. The van der Waals surface area contributed by atoms with Crippen LogP contribution in [0.5, 0.6) is 5.75 Å². The number of halogens is 1. The van der Waals surface area contributed by atoms with E-state index in [2.05, 4.69) is 10.1 Å². The molecule has 98 valence electrons. The Kier molecular flexibility index (Phi) is 5.10. The predicted molar refractivity (Wildman–Crippen MR) is 61.5 cm³/mol. The molecule has 1 atom stereocenters. The van der Waals surface area contributed by atoms with Crippen molar-refractivity contribution in [2.75, 3.05) is 13.7 Å². The van der Waals surface area contributed by atoms with Gasteiger partial charge in [0.15, 0.2) is 6.10 Å². The number of carbonyl (C=O) groups excluding carboxylic acids is 2. The number of hydrogen-bond donors (Lipinski definition) is 1. The van der Waals surface area contributed by atoms with Crippen molar-refractivity contribution in [1.29, 1.82) is 0 Å². The van der Waals surface area contributed by atoms with Crippen molar-refractivity contribution >= 4 is 11.9 Å². The van der Waals surface area contributed by atoms with Gasteiger partial charge < -0.3 is 14.8 Å². The zero-order valence-electron chi connectivity index (χ0n) is 10.1. The van der Waals surface area contributed by atoms with Crippen molar-refractivity contribution in [3.63, 3.8) is 0 Å². The van der Waals surface area contributed by atoms with Crippen LogP contribution in [0.1, 0.15) is 6.92 Å². The first-order valence-corrected chi connectivity index (χ1v) is 5.29. The molecular weight excluding hydrogens is 241 g/mol. The van der Waals surface area contributed by atoms with Crippen LogP contribution >= 0.6 is 0 Å². The predicted octanol–water partition coefficient (Wildman–Crippen LogP) is 0.882. The summed E-state index contributed by atoms with van der Waals surface area (Å²) < 4.78 is 22.3. The van der Waals surface area contributed by atoms with Crippen LogP contribution < -0.4 is 10.1 Å². The van der Waals surface area contributed by atoms with Crippen LogP contribution in [0.25, 0.3) is 0 Å². The third-order valence-corrected chi connectivity index (χ3v) is 2.13. The monoisotopic (exact) mass is 255 g/mol. The fraction of sp³-hybridized carbons (Fsp3) is 0.333. The van der Waals surface area contributed by atoms with Gasteiger partial charge in [-0.2, -0.15) is 0 Å². The summed E-state index contributed by atoms with van der Waals surface area (Å²) in [5, 5.41) is 2.35. The quantitative estimate of drug-likeness (QED) is 0.793. The van der Waals surface area contributed by atoms with E-state index < -0.39 is 18.0 Å². The highest BCUT2D eigenvalue weighted by atomic mass is 19.1. The fourth-order valence-electron chi connectivity index (χ4n) is 1.15. The highest BCUT2D eigenvalue weighted by Gasteiger charge is 2.15. The lowest BCUT2D eigenvalue weighted by Crippen LogP contribution is -2.39. The molecule has 6 heteroatoms. The highest BCUT2D eigenvalue weighted by Crippen LogP contribution is 2.12. The Bertz CT molecular complexity index is 419. The molecule has 0 radical (unpaired) electrons. The van der Waals surface area contributed by atoms with Gasteiger partial charge >= 0.3 is 5.97 Å². The van der Waals surface area contributed by atoms with Gasteiger partial charge in [-0.25, -0.2) is 4.39 Å². The van der Waals surface area contributed by atoms with Gasteiger partial charge in [-0.15, -0.1) is 0 Å². The minimum atomic E-state index is -0.792. The molecule has 1 rings (SSSR count). The molecule has 1 aromatic carbocycles. The van der Waals surface area contributed by atoms with Gasteiger partial charge in [0.1, 0.15) is 18.1 Å². The molecule has 1 aromatic rings. The molecule has 0 saturated heterocycles. The summed E-state index contributed by atoms with van der Waals surface area (Å²) in [6.45, 7) is 1.31. The molecule has 0 saturated carbocycles. The van der Waals surface area contributed by atoms with Crippen molar-refractivity contribution in [2.45, 2.75) is 13.0 Å². The van der Waals surface area contributed by atoms with E-state index in [1.807, 2.05) is 0 Å². The van der Waals surface area contributed by atoms with Crippen molar-refractivity contribution in [1.82, 2.24) is 5.32 Å². The number of methoxy groups -OCH3 is 1. The second kappa shape index (κ2) is 6.58. The number of amides is 1. The Labute approximate surface area is 104 Å². The van der Waals surface area contributed by atoms with E-state index in [0.29, 0.717) is 5.75 Å². The lowest BCUT2D eigenvalue weighted by molar-refractivity contribution is -0.141. The number of benzene rings is 1. The first-order chi connectivity index (χ1) is 8.52. The summed E-state index contributed by atoms with van der Waals surface area (Å²) >= 11 is 0. The van der Waals surface area contributed by atoms with E-state index >= 15 is 0 Å². The number of ether oxygens (including phenoxy) is 2. The maximum absolute atomic E-state index is 12.6. The molecule has 1 N–H and O–H groups in total. The average Bonchev–Trinajstić information content (AvgIpc) is 2.38. The van der Waals surface area contributed by atoms with E-state index in [1.54, 1.807) is 0 Å². The van der Waals surface area contributed by atoms with Crippen LogP contribution in [0.4, 0.5) is 4.39 Å². The van der Waals surface area contributed by atoms with E-state index in [9.17, 15) is 14.0 Å². The lowest BCUT2D eigenvalue weighted by Gasteiger charge is -2.14. The third kappa shape index (κ3) is 4.40. The fourth-order valence-corrected chi connectivity index (χ4v) is 1.15. The minimum Gasteiger partial charge on any atom is -0.481 e. The molecule has 0 aliphatic carbocycles. The largest absolute Gasteiger partial charge is 0.481 e. The van der Waals surface area contributed by atoms with Crippen LogP contribution in [-0.2, 0) is 14.3 Å². The highest BCUT2D eigenvalue weighted by molar-refractivity contribution is 5.84. The summed E-state index contributed by atoms with van der Waals surface area (Å²) in [5.74, 6) is -1.01. The number of rotatable bonds is 5. The Morgan fingerprint density at radius 1 is 1.33 bits per heavy atom. The average molecular weight is 255 g/mol. The van der Waals surface area contributed by atoms with Crippen molar-refractivity contribution < 1.29 is 23.5 Å². The molecule has 0 fully saturated rings. The molecule has 0 aliphatic rings. The van der Waals surface area contributed by atoms with Crippen LogP contribution in [0.3, 0.4) is 0 Å². The van der Waals surface area contributed by atoms with E-state index in [1.165, 1.54) is 38.3 Å². The standard InChI is InChI=1S/C12H14FNO4/c1-8(12(16)14-7-11(15)17-2)18-10-5-3-9(13)4-6-10/h3-6,8H,7H2,1-2H3,(H,14,16)/t8-/m1/s1. The molecule has 0 heterocycles. The number of hydrogen-bond acceptors (Lipinski definition) is 4. The molecule has 18 heavy (non-hydrogen) atoms. The number of carbonyl (C=O) groups is 2. The molecule has 0 aliphatic heterocycles. The minimum absolute atomic E-state index is 0.216. The molecule has 0 unspecified atom stereocenters. The third-order valence-electron chi connectivity index (χ3n) is 2.13. The van der Waals surface area contributed by atoms with Crippen LogP contribution in [0, 0.1) is 5.82 Å². The maximum Gasteiger partial charge on any atom is 0.325 e. The van der Waals surface area contributed by atoms with Crippen LogP contribution in [-0.4, -0.2) is 31.6 Å². The normalized spacial score (nSPS) is 11.5. The van der Waals surface area contributed by atoms with Gasteiger partial charge in [-0.05, 0) is 31.2 Å². The van der Waals surface area contributed by atoms with Gasteiger partial charge in [0.25, 0.3) is 5.91 Å². The van der Waals surface area contributed by atoms with E-state index in [-0.39, 0.29) is 12.4 Å². The van der Waals surface area contributed by atoms with Crippen LogP contribution in [0.15, 0.2) is 24.3 Å². The van der Waals surface area contributed by atoms with Gasteiger partial charge in [-0.1, -0.05) is 0 Å². The number of nitrogens with one attached hydrogen (secondary N) is 1. The Morgan fingerprint density at radius 3 is 2.50 bits per heavy atom. The molecule has 0 aromatic heterocycles. The van der Waals surface area contributed by atoms with Gasteiger partial charge in [0.05, 0.1) is 7.11 Å². The lowest BCUT2D eigenvalue weighted by atomic mass is 10.3. The van der Waals surface area contributed by atoms with Gasteiger partial charge in [0, 0.05) is 0 Å². The summed E-state index contributed by atoms with van der Waals surface area (Å²) in [5.41, 5.74) is 0. The molecular formula is C12H14FNO4. The SMILES string of the molecule is COC(=O)CNC(=O)[C@@H](C)Oc1ccc(F)cc1. The maximum atomic E-state index is 12.6. The number of esters is 1. The Balaban J connectivity index is 2.44. The Morgan fingerprint density at radius 2 is 1.94 bits per heavy atom. The van der Waals surface area contributed by atoms with Gasteiger partial charge in [-0.3, -0.25) is 9.59 Å². The zero-order valence-corrected chi connectivity index (χ0v) is 10.1.